The van der Waals surface area contributed by atoms with Crippen molar-refractivity contribution < 1.29 is 9.59 Å². The van der Waals surface area contributed by atoms with Gasteiger partial charge in [-0.05, 0) is 49.3 Å². The average molecular weight is 395 g/mol. The molecule has 154 valence electrons. The van der Waals surface area contributed by atoms with Gasteiger partial charge in [-0.3, -0.25) is 9.59 Å². The van der Waals surface area contributed by atoms with Crippen LogP contribution in [0.15, 0.2) is 48.7 Å². The zero-order chi connectivity index (χ0) is 20.5. The maximum Gasteiger partial charge on any atom is 0.255 e. The Kier molecular flexibility index (Phi) is 7.61. The number of rotatable bonds is 8. The van der Waals surface area contributed by atoms with Crippen LogP contribution >= 0.6 is 0 Å². The molecule has 1 aliphatic rings. The maximum absolute atomic E-state index is 12.8. The molecule has 2 amide bonds. The Morgan fingerprint density at radius 3 is 2.48 bits per heavy atom. The molecular formula is C23H30N4O2. The van der Waals surface area contributed by atoms with Crippen molar-refractivity contribution in [2.45, 2.75) is 32.6 Å². The summed E-state index contributed by atoms with van der Waals surface area (Å²) in [5.41, 5.74) is 2.02. The average Bonchev–Trinajstić information content (AvgIpc) is 2.76. The lowest BCUT2D eigenvalue weighted by molar-refractivity contribution is -0.118. The quantitative estimate of drug-likeness (QED) is 0.675. The SMILES string of the molecule is CC(=O)NCCNc1ccc(C(=O)N2CCC(CCc3ccccc3)CC2)cn1. The first-order valence-electron chi connectivity index (χ1n) is 10.4. The summed E-state index contributed by atoms with van der Waals surface area (Å²) in [7, 11) is 0. The van der Waals surface area contributed by atoms with Crippen molar-refractivity contribution in [2.75, 3.05) is 31.5 Å². The summed E-state index contributed by atoms with van der Waals surface area (Å²) in [6.45, 7) is 4.25. The predicted molar refractivity (Wildman–Crippen MR) is 115 cm³/mol. The van der Waals surface area contributed by atoms with Gasteiger partial charge in [0.15, 0.2) is 0 Å². The molecule has 6 heteroatoms. The molecule has 0 saturated carbocycles. The van der Waals surface area contributed by atoms with E-state index in [0.29, 0.717) is 30.4 Å². The third kappa shape index (κ3) is 6.59. The summed E-state index contributed by atoms with van der Waals surface area (Å²) in [5.74, 6) is 1.40. The van der Waals surface area contributed by atoms with Crippen LogP contribution < -0.4 is 10.6 Å². The van der Waals surface area contributed by atoms with E-state index in [-0.39, 0.29) is 11.8 Å². The number of piperidine rings is 1. The van der Waals surface area contributed by atoms with Gasteiger partial charge in [-0.2, -0.15) is 0 Å². The van der Waals surface area contributed by atoms with E-state index in [0.717, 1.165) is 32.4 Å². The van der Waals surface area contributed by atoms with Crippen molar-refractivity contribution in [3.8, 4) is 0 Å². The van der Waals surface area contributed by atoms with Crippen molar-refractivity contribution in [1.82, 2.24) is 15.2 Å². The number of amides is 2. The second-order valence-corrected chi connectivity index (χ2v) is 7.60. The molecule has 0 atom stereocenters. The van der Waals surface area contributed by atoms with Crippen LogP contribution in [0.3, 0.4) is 0 Å². The van der Waals surface area contributed by atoms with Gasteiger partial charge in [-0.25, -0.2) is 4.98 Å². The topological polar surface area (TPSA) is 74.3 Å². The lowest BCUT2D eigenvalue weighted by Crippen LogP contribution is -2.38. The first kappa shape index (κ1) is 20.8. The van der Waals surface area contributed by atoms with Crippen molar-refractivity contribution in [3.63, 3.8) is 0 Å². The molecule has 2 heterocycles. The van der Waals surface area contributed by atoms with Gasteiger partial charge < -0.3 is 15.5 Å². The number of hydrogen-bond acceptors (Lipinski definition) is 4. The monoisotopic (exact) mass is 394 g/mol. The smallest absolute Gasteiger partial charge is 0.255 e. The van der Waals surface area contributed by atoms with E-state index in [2.05, 4.69) is 45.9 Å². The normalized spacial score (nSPS) is 14.4. The van der Waals surface area contributed by atoms with Crippen LogP contribution in [-0.2, 0) is 11.2 Å². The van der Waals surface area contributed by atoms with Gasteiger partial charge in [0.05, 0.1) is 5.56 Å². The molecule has 2 N–H and O–H groups in total. The summed E-state index contributed by atoms with van der Waals surface area (Å²) < 4.78 is 0. The van der Waals surface area contributed by atoms with Crippen LogP contribution in [0.4, 0.5) is 5.82 Å². The minimum absolute atomic E-state index is 0.0514. The molecule has 0 bridgehead atoms. The number of carbonyl (C=O) groups excluding carboxylic acids is 2. The lowest BCUT2D eigenvalue weighted by atomic mass is 9.90. The molecule has 6 nitrogen and oxygen atoms in total. The van der Waals surface area contributed by atoms with Gasteiger partial charge >= 0.3 is 0 Å². The molecule has 3 rings (SSSR count). The number of benzene rings is 1. The van der Waals surface area contributed by atoms with Gasteiger partial charge in [0.1, 0.15) is 5.82 Å². The van der Waals surface area contributed by atoms with Crippen LogP contribution in [0.25, 0.3) is 0 Å². The highest BCUT2D eigenvalue weighted by molar-refractivity contribution is 5.94. The van der Waals surface area contributed by atoms with E-state index >= 15 is 0 Å². The Morgan fingerprint density at radius 2 is 1.83 bits per heavy atom. The van der Waals surface area contributed by atoms with Gasteiger partial charge in [-0.15, -0.1) is 0 Å². The summed E-state index contributed by atoms with van der Waals surface area (Å²) in [6.07, 6.45) is 6.06. The molecular weight excluding hydrogens is 364 g/mol. The first-order chi connectivity index (χ1) is 14.1. The fourth-order valence-electron chi connectivity index (χ4n) is 3.68. The Bertz CT molecular complexity index is 784. The highest BCUT2D eigenvalue weighted by atomic mass is 16.2. The van der Waals surface area contributed by atoms with Crippen molar-refractivity contribution in [3.05, 3.63) is 59.8 Å². The third-order valence-electron chi connectivity index (χ3n) is 5.40. The number of nitrogens with zero attached hydrogens (tertiary/aromatic N) is 2. The van der Waals surface area contributed by atoms with Crippen molar-refractivity contribution in [1.29, 1.82) is 0 Å². The molecule has 1 fully saturated rings. The number of anilines is 1. The Balaban J connectivity index is 1.41. The van der Waals surface area contributed by atoms with E-state index in [4.69, 9.17) is 0 Å². The summed E-state index contributed by atoms with van der Waals surface area (Å²) >= 11 is 0. The van der Waals surface area contributed by atoms with Gasteiger partial charge in [-0.1, -0.05) is 30.3 Å². The van der Waals surface area contributed by atoms with Gasteiger partial charge in [0.2, 0.25) is 5.91 Å². The van der Waals surface area contributed by atoms with E-state index in [1.807, 2.05) is 17.0 Å². The summed E-state index contributed by atoms with van der Waals surface area (Å²) in [4.78, 5) is 29.9. The van der Waals surface area contributed by atoms with E-state index in [9.17, 15) is 9.59 Å². The van der Waals surface area contributed by atoms with Crippen LogP contribution in [0.5, 0.6) is 0 Å². The Morgan fingerprint density at radius 1 is 1.07 bits per heavy atom. The maximum atomic E-state index is 12.8. The Labute approximate surface area is 172 Å². The molecule has 0 spiro atoms. The number of likely N-dealkylation sites (tertiary alicyclic amines) is 1. The van der Waals surface area contributed by atoms with Gasteiger partial charge in [0.25, 0.3) is 5.91 Å². The number of hydrogen-bond donors (Lipinski definition) is 2. The molecule has 29 heavy (non-hydrogen) atoms. The number of nitrogens with one attached hydrogen (secondary N) is 2. The molecule has 2 aromatic rings. The van der Waals surface area contributed by atoms with Gasteiger partial charge in [0, 0.05) is 39.3 Å². The molecule has 0 aliphatic carbocycles. The predicted octanol–water partition coefficient (Wildman–Crippen LogP) is 3.11. The zero-order valence-corrected chi connectivity index (χ0v) is 17.1. The molecule has 0 radical (unpaired) electrons. The highest BCUT2D eigenvalue weighted by Crippen LogP contribution is 2.23. The summed E-state index contributed by atoms with van der Waals surface area (Å²) in [6, 6.07) is 14.2. The summed E-state index contributed by atoms with van der Waals surface area (Å²) in [5, 5.41) is 5.85. The molecule has 1 aliphatic heterocycles. The van der Waals surface area contributed by atoms with E-state index < -0.39 is 0 Å². The van der Waals surface area contributed by atoms with Crippen LogP contribution in [0.1, 0.15) is 42.1 Å². The third-order valence-corrected chi connectivity index (χ3v) is 5.40. The minimum Gasteiger partial charge on any atom is -0.368 e. The Hall–Kier alpha value is -2.89. The molecule has 1 aromatic carbocycles. The number of carbonyl (C=O) groups is 2. The van der Waals surface area contributed by atoms with Crippen molar-refractivity contribution in [2.24, 2.45) is 5.92 Å². The minimum atomic E-state index is -0.0514. The largest absolute Gasteiger partial charge is 0.368 e. The fourth-order valence-corrected chi connectivity index (χ4v) is 3.68. The standard InChI is InChI=1S/C23H30N4O2/c1-18(28)24-13-14-25-22-10-9-21(17-26-22)23(29)27-15-11-20(12-16-27)8-7-19-5-3-2-4-6-19/h2-6,9-10,17,20H,7-8,11-16H2,1H3,(H,24,28)(H,25,26). The van der Waals surface area contributed by atoms with Crippen LogP contribution in [-0.4, -0.2) is 47.9 Å². The van der Waals surface area contributed by atoms with E-state index in [1.54, 1.807) is 6.20 Å². The van der Waals surface area contributed by atoms with Crippen LogP contribution in [0, 0.1) is 5.92 Å². The molecule has 1 aromatic heterocycles. The molecule has 0 unspecified atom stereocenters. The van der Waals surface area contributed by atoms with E-state index in [1.165, 1.54) is 18.9 Å². The first-order valence-corrected chi connectivity index (χ1v) is 10.4. The van der Waals surface area contributed by atoms with Crippen LogP contribution in [0.2, 0.25) is 0 Å². The lowest BCUT2D eigenvalue weighted by Gasteiger charge is -2.32. The zero-order valence-electron chi connectivity index (χ0n) is 17.1. The number of aryl methyl sites for hydroxylation is 1. The van der Waals surface area contributed by atoms with Crippen molar-refractivity contribution >= 4 is 17.6 Å². The second-order valence-electron chi connectivity index (χ2n) is 7.60. The number of pyridine rings is 1. The highest BCUT2D eigenvalue weighted by Gasteiger charge is 2.23. The number of aromatic nitrogens is 1. The fraction of sp³-hybridized carbons (Fsp3) is 0.435. The molecule has 1 saturated heterocycles. The second kappa shape index (κ2) is 10.6.